The van der Waals surface area contributed by atoms with Gasteiger partial charge in [-0.25, -0.2) is 4.68 Å². The van der Waals surface area contributed by atoms with Crippen molar-refractivity contribution in [3.63, 3.8) is 0 Å². The van der Waals surface area contributed by atoms with Gasteiger partial charge in [-0.15, -0.1) is 5.10 Å². The van der Waals surface area contributed by atoms with Crippen LogP contribution in [0.5, 0.6) is 0 Å². The Balaban J connectivity index is 1.70. The van der Waals surface area contributed by atoms with E-state index in [4.69, 9.17) is 9.47 Å². The van der Waals surface area contributed by atoms with Crippen LogP contribution in [0.4, 0.5) is 0 Å². The molecule has 1 aromatic rings. The van der Waals surface area contributed by atoms with E-state index in [9.17, 15) is 4.79 Å². The molecular formula is C15H24N4O3. The van der Waals surface area contributed by atoms with Gasteiger partial charge in [-0.1, -0.05) is 5.21 Å². The second kappa shape index (κ2) is 6.34. The SMILES string of the molecule is CCO[C@@H]1C[C@@H](NC(=O)c2cnnn2CC)C12CCOCC2. The Morgan fingerprint density at radius 2 is 2.27 bits per heavy atom. The van der Waals surface area contributed by atoms with Crippen LogP contribution in [0.3, 0.4) is 0 Å². The van der Waals surface area contributed by atoms with Crippen LogP contribution in [0, 0.1) is 5.41 Å². The number of amides is 1. The molecule has 7 heteroatoms. The van der Waals surface area contributed by atoms with Crippen LogP contribution in [0.25, 0.3) is 0 Å². The predicted octanol–water partition coefficient (Wildman–Crippen LogP) is 1.00. The quantitative estimate of drug-likeness (QED) is 0.878. The van der Waals surface area contributed by atoms with Crippen LogP contribution in [-0.2, 0) is 16.0 Å². The van der Waals surface area contributed by atoms with Crippen LogP contribution in [0.15, 0.2) is 6.20 Å². The highest BCUT2D eigenvalue weighted by molar-refractivity contribution is 5.92. The molecule has 2 fully saturated rings. The number of carbonyl (C=O) groups excluding carboxylic acids is 1. The Bertz CT molecular complexity index is 525. The van der Waals surface area contributed by atoms with Gasteiger partial charge in [-0.2, -0.15) is 0 Å². The molecule has 3 rings (SSSR count). The molecule has 0 unspecified atom stereocenters. The third-order valence-corrected chi connectivity index (χ3v) is 5.03. The third-order valence-electron chi connectivity index (χ3n) is 5.03. The zero-order chi connectivity index (χ0) is 15.6. The average Bonchev–Trinajstić information content (AvgIpc) is 3.03. The van der Waals surface area contributed by atoms with Crippen molar-refractivity contribution in [1.29, 1.82) is 0 Å². The molecule has 1 N–H and O–H groups in total. The Labute approximate surface area is 130 Å². The number of nitrogens with zero attached hydrogens (tertiary/aromatic N) is 3. The van der Waals surface area contributed by atoms with Crippen molar-refractivity contribution in [2.24, 2.45) is 5.41 Å². The molecule has 0 bridgehead atoms. The smallest absolute Gasteiger partial charge is 0.271 e. The summed E-state index contributed by atoms with van der Waals surface area (Å²) in [5, 5.41) is 10.9. The number of rotatable bonds is 5. The van der Waals surface area contributed by atoms with Gasteiger partial charge in [0.25, 0.3) is 5.91 Å². The first-order valence-electron chi connectivity index (χ1n) is 8.10. The molecule has 2 aliphatic rings. The summed E-state index contributed by atoms with van der Waals surface area (Å²) in [6.07, 6.45) is 4.49. The lowest BCUT2D eigenvalue weighted by Crippen LogP contribution is -2.66. The lowest BCUT2D eigenvalue weighted by atomic mass is 9.57. The predicted molar refractivity (Wildman–Crippen MR) is 79.5 cm³/mol. The number of ether oxygens (including phenoxy) is 2. The topological polar surface area (TPSA) is 78.3 Å². The van der Waals surface area contributed by atoms with E-state index in [0.29, 0.717) is 18.8 Å². The molecule has 1 saturated carbocycles. The molecule has 1 spiro atoms. The maximum absolute atomic E-state index is 12.5. The highest BCUT2D eigenvalue weighted by atomic mass is 16.5. The van der Waals surface area contributed by atoms with E-state index in [1.165, 1.54) is 6.20 Å². The van der Waals surface area contributed by atoms with E-state index in [0.717, 1.165) is 32.5 Å². The Kier molecular flexibility index (Phi) is 4.44. The fourth-order valence-corrected chi connectivity index (χ4v) is 3.71. The second-order valence-electron chi connectivity index (χ2n) is 5.99. The summed E-state index contributed by atoms with van der Waals surface area (Å²) in [5.41, 5.74) is 0.540. The zero-order valence-corrected chi connectivity index (χ0v) is 13.2. The second-order valence-corrected chi connectivity index (χ2v) is 5.99. The van der Waals surface area contributed by atoms with Gasteiger partial charge < -0.3 is 14.8 Å². The Morgan fingerprint density at radius 1 is 1.50 bits per heavy atom. The van der Waals surface area contributed by atoms with Crippen molar-refractivity contribution in [2.75, 3.05) is 19.8 Å². The van der Waals surface area contributed by atoms with Crippen molar-refractivity contribution < 1.29 is 14.3 Å². The molecule has 2 atom stereocenters. The van der Waals surface area contributed by atoms with Crippen LogP contribution < -0.4 is 5.32 Å². The van der Waals surface area contributed by atoms with Gasteiger partial charge in [0.05, 0.1) is 12.3 Å². The number of nitrogens with one attached hydrogen (secondary N) is 1. The largest absolute Gasteiger partial charge is 0.381 e. The van der Waals surface area contributed by atoms with Gasteiger partial charge in [0.2, 0.25) is 0 Å². The maximum Gasteiger partial charge on any atom is 0.271 e. The van der Waals surface area contributed by atoms with Gasteiger partial charge in [-0.3, -0.25) is 4.79 Å². The van der Waals surface area contributed by atoms with E-state index in [1.54, 1.807) is 4.68 Å². The van der Waals surface area contributed by atoms with Gasteiger partial charge >= 0.3 is 0 Å². The molecule has 0 radical (unpaired) electrons. The summed E-state index contributed by atoms with van der Waals surface area (Å²) in [4.78, 5) is 12.5. The number of aryl methyl sites for hydroxylation is 1. The molecule has 2 heterocycles. The van der Waals surface area contributed by atoms with Crippen molar-refractivity contribution in [3.05, 3.63) is 11.9 Å². The van der Waals surface area contributed by atoms with Gasteiger partial charge in [0.1, 0.15) is 5.69 Å². The molecule has 1 aliphatic heterocycles. The summed E-state index contributed by atoms with van der Waals surface area (Å²) < 4.78 is 13.0. The van der Waals surface area contributed by atoms with E-state index in [-0.39, 0.29) is 23.5 Å². The van der Waals surface area contributed by atoms with Gasteiger partial charge in [0.15, 0.2) is 0 Å². The minimum Gasteiger partial charge on any atom is -0.381 e. The first kappa shape index (κ1) is 15.4. The first-order valence-corrected chi connectivity index (χ1v) is 8.10. The molecular weight excluding hydrogens is 284 g/mol. The van der Waals surface area contributed by atoms with Crippen molar-refractivity contribution in [2.45, 2.75) is 51.8 Å². The minimum atomic E-state index is -0.0994. The summed E-state index contributed by atoms with van der Waals surface area (Å²) in [6.45, 7) is 6.79. The number of hydrogen-bond donors (Lipinski definition) is 1. The summed E-state index contributed by atoms with van der Waals surface area (Å²) in [6, 6.07) is 0.139. The molecule has 122 valence electrons. The number of carbonyl (C=O) groups is 1. The highest BCUT2D eigenvalue weighted by Crippen LogP contribution is 2.50. The van der Waals surface area contributed by atoms with E-state index >= 15 is 0 Å². The molecule has 0 aromatic carbocycles. The average molecular weight is 308 g/mol. The summed E-state index contributed by atoms with van der Waals surface area (Å²) in [5.74, 6) is -0.0994. The molecule has 7 nitrogen and oxygen atoms in total. The van der Waals surface area contributed by atoms with Crippen LogP contribution in [0.1, 0.15) is 43.6 Å². The number of hydrogen-bond acceptors (Lipinski definition) is 5. The lowest BCUT2D eigenvalue weighted by Gasteiger charge is -2.57. The van der Waals surface area contributed by atoms with E-state index < -0.39 is 0 Å². The molecule has 1 amide bonds. The van der Waals surface area contributed by atoms with Gasteiger partial charge in [0, 0.05) is 37.8 Å². The van der Waals surface area contributed by atoms with Crippen molar-refractivity contribution >= 4 is 5.91 Å². The first-order chi connectivity index (χ1) is 10.7. The summed E-state index contributed by atoms with van der Waals surface area (Å²) in [7, 11) is 0. The third kappa shape index (κ3) is 2.52. The van der Waals surface area contributed by atoms with Crippen molar-refractivity contribution in [1.82, 2.24) is 20.3 Å². The van der Waals surface area contributed by atoms with Crippen LogP contribution >= 0.6 is 0 Å². The Hall–Kier alpha value is -1.47. The summed E-state index contributed by atoms with van der Waals surface area (Å²) >= 11 is 0. The molecule has 1 aliphatic carbocycles. The standard InChI is InChI=1S/C15H24N4O3/c1-3-19-11(10-16-18-19)14(20)17-12-9-13(22-4-2)15(12)5-7-21-8-6-15/h10,12-13H,3-9H2,1-2H3,(H,17,20)/t12-,13-/m1/s1. The van der Waals surface area contributed by atoms with Crippen LogP contribution in [0.2, 0.25) is 0 Å². The molecule has 1 aromatic heterocycles. The lowest BCUT2D eigenvalue weighted by molar-refractivity contribution is -0.170. The zero-order valence-electron chi connectivity index (χ0n) is 13.2. The van der Waals surface area contributed by atoms with Crippen molar-refractivity contribution in [3.8, 4) is 0 Å². The maximum atomic E-state index is 12.5. The normalized spacial score (nSPS) is 26.6. The molecule has 1 saturated heterocycles. The minimum absolute atomic E-state index is 0.0222. The number of aromatic nitrogens is 3. The van der Waals surface area contributed by atoms with E-state index in [1.807, 2.05) is 13.8 Å². The van der Waals surface area contributed by atoms with Gasteiger partial charge in [-0.05, 0) is 33.1 Å². The molecule has 22 heavy (non-hydrogen) atoms. The fraction of sp³-hybridized carbons (Fsp3) is 0.800. The van der Waals surface area contributed by atoms with Crippen LogP contribution in [-0.4, -0.2) is 52.9 Å². The highest BCUT2D eigenvalue weighted by Gasteiger charge is 2.56. The Morgan fingerprint density at radius 3 is 2.95 bits per heavy atom. The van der Waals surface area contributed by atoms with E-state index in [2.05, 4.69) is 15.6 Å². The monoisotopic (exact) mass is 308 g/mol. The fourth-order valence-electron chi connectivity index (χ4n) is 3.71.